The standard InChI is InChI=1S/C27H31BrN2O4/c1-7-33-26(31)23-17(3)30(20-15-13-19(14-16-20)29(5)6)18(4)24(27(32)34-8-2)25(23)21-11-9-10-12-22(21)28/h9-16,25H,7-8H2,1-6H3. The van der Waals surface area contributed by atoms with E-state index in [1.54, 1.807) is 13.8 Å². The lowest BCUT2D eigenvalue weighted by molar-refractivity contribution is -0.139. The number of rotatable bonds is 7. The molecule has 34 heavy (non-hydrogen) atoms. The summed E-state index contributed by atoms with van der Waals surface area (Å²) in [7, 11) is 3.96. The van der Waals surface area contributed by atoms with E-state index in [4.69, 9.17) is 9.47 Å². The molecule has 6 nitrogen and oxygen atoms in total. The van der Waals surface area contributed by atoms with Crippen molar-refractivity contribution in [1.82, 2.24) is 0 Å². The maximum Gasteiger partial charge on any atom is 0.336 e. The molecule has 1 aliphatic rings. The van der Waals surface area contributed by atoms with Crippen LogP contribution >= 0.6 is 15.9 Å². The lowest BCUT2D eigenvalue weighted by Gasteiger charge is -2.38. The Hall–Kier alpha value is -3.06. The molecule has 1 aliphatic heterocycles. The summed E-state index contributed by atoms with van der Waals surface area (Å²) in [6.07, 6.45) is 0. The van der Waals surface area contributed by atoms with Crippen molar-refractivity contribution in [3.8, 4) is 0 Å². The average Bonchev–Trinajstić information content (AvgIpc) is 2.79. The molecule has 0 amide bonds. The van der Waals surface area contributed by atoms with E-state index in [0.29, 0.717) is 22.5 Å². The van der Waals surface area contributed by atoms with Gasteiger partial charge in [0, 0.05) is 41.3 Å². The quantitative estimate of drug-likeness (QED) is 0.425. The molecule has 0 aromatic heterocycles. The molecule has 1 heterocycles. The highest BCUT2D eigenvalue weighted by molar-refractivity contribution is 9.10. The molecule has 0 radical (unpaired) electrons. The number of hydrogen-bond donors (Lipinski definition) is 0. The Kier molecular flexibility index (Phi) is 8.20. The highest BCUT2D eigenvalue weighted by atomic mass is 79.9. The fourth-order valence-electron chi connectivity index (χ4n) is 4.31. The summed E-state index contributed by atoms with van der Waals surface area (Å²) >= 11 is 3.62. The van der Waals surface area contributed by atoms with Crippen molar-refractivity contribution in [3.05, 3.63) is 81.1 Å². The van der Waals surface area contributed by atoms with Crippen LogP contribution in [0.3, 0.4) is 0 Å². The first kappa shape index (κ1) is 25.6. The number of nitrogens with zero attached hydrogens (tertiary/aromatic N) is 2. The SMILES string of the molecule is CCOC(=O)C1=C(C)N(c2ccc(N(C)C)cc2)C(C)=C(C(=O)OCC)C1c1ccccc1Br. The zero-order valence-electron chi connectivity index (χ0n) is 20.5. The summed E-state index contributed by atoms with van der Waals surface area (Å²) < 4.78 is 11.8. The summed E-state index contributed by atoms with van der Waals surface area (Å²) in [5.41, 5.74) is 4.94. The van der Waals surface area contributed by atoms with Crippen molar-refractivity contribution in [1.29, 1.82) is 0 Å². The number of esters is 2. The lowest BCUT2D eigenvalue weighted by Crippen LogP contribution is -2.35. The first-order valence-corrected chi connectivity index (χ1v) is 12.1. The molecular weight excluding hydrogens is 496 g/mol. The van der Waals surface area contributed by atoms with Gasteiger partial charge in [0.1, 0.15) is 0 Å². The van der Waals surface area contributed by atoms with Gasteiger partial charge < -0.3 is 19.3 Å². The topological polar surface area (TPSA) is 59.1 Å². The van der Waals surface area contributed by atoms with Gasteiger partial charge in [0.25, 0.3) is 0 Å². The number of carbonyl (C=O) groups is 2. The first-order valence-electron chi connectivity index (χ1n) is 11.3. The van der Waals surface area contributed by atoms with E-state index in [2.05, 4.69) is 15.9 Å². The van der Waals surface area contributed by atoms with Crippen molar-refractivity contribution in [2.45, 2.75) is 33.6 Å². The number of ether oxygens (including phenoxy) is 2. The van der Waals surface area contributed by atoms with Gasteiger partial charge in [-0.05, 0) is 63.6 Å². The first-order chi connectivity index (χ1) is 16.2. The van der Waals surface area contributed by atoms with Crippen LogP contribution in [0.1, 0.15) is 39.2 Å². The molecule has 0 spiro atoms. The molecule has 0 fully saturated rings. The van der Waals surface area contributed by atoms with Gasteiger partial charge in [-0.3, -0.25) is 0 Å². The largest absolute Gasteiger partial charge is 0.463 e. The van der Waals surface area contributed by atoms with E-state index in [1.807, 2.05) is 86.3 Å². The number of carbonyl (C=O) groups excluding carboxylic acids is 2. The van der Waals surface area contributed by atoms with Crippen LogP contribution in [0.2, 0.25) is 0 Å². The van der Waals surface area contributed by atoms with Gasteiger partial charge in [0.2, 0.25) is 0 Å². The van der Waals surface area contributed by atoms with Gasteiger partial charge in [-0.2, -0.15) is 0 Å². The number of hydrogen-bond acceptors (Lipinski definition) is 6. The summed E-state index contributed by atoms with van der Waals surface area (Å²) in [6, 6.07) is 15.6. The van der Waals surface area contributed by atoms with Crippen LogP contribution in [0.5, 0.6) is 0 Å². The van der Waals surface area contributed by atoms with Gasteiger partial charge in [0.05, 0.1) is 30.3 Å². The average molecular weight is 527 g/mol. The van der Waals surface area contributed by atoms with Crippen LogP contribution in [0.25, 0.3) is 0 Å². The van der Waals surface area contributed by atoms with E-state index >= 15 is 0 Å². The number of halogens is 1. The van der Waals surface area contributed by atoms with E-state index in [-0.39, 0.29) is 13.2 Å². The zero-order valence-corrected chi connectivity index (χ0v) is 22.1. The third kappa shape index (κ3) is 4.89. The van der Waals surface area contributed by atoms with Crippen molar-refractivity contribution in [3.63, 3.8) is 0 Å². The van der Waals surface area contributed by atoms with Gasteiger partial charge in [-0.25, -0.2) is 9.59 Å². The van der Waals surface area contributed by atoms with E-state index < -0.39 is 17.9 Å². The van der Waals surface area contributed by atoms with Crippen LogP contribution in [0.4, 0.5) is 11.4 Å². The Morgan fingerprint density at radius 1 is 0.882 bits per heavy atom. The summed E-state index contributed by atoms with van der Waals surface area (Å²) in [6.45, 7) is 7.79. The number of anilines is 2. The molecule has 2 aromatic rings. The summed E-state index contributed by atoms with van der Waals surface area (Å²) in [5.74, 6) is -1.54. The number of benzene rings is 2. The maximum absolute atomic E-state index is 13.4. The van der Waals surface area contributed by atoms with Crippen molar-refractivity contribution in [2.24, 2.45) is 0 Å². The molecule has 2 aromatic carbocycles. The number of allylic oxidation sites excluding steroid dienone is 2. The molecule has 0 atom stereocenters. The summed E-state index contributed by atoms with van der Waals surface area (Å²) in [4.78, 5) is 30.7. The third-order valence-corrected chi connectivity index (χ3v) is 6.58. The normalized spacial score (nSPS) is 14.4. The minimum absolute atomic E-state index is 0.229. The second-order valence-electron chi connectivity index (χ2n) is 8.14. The van der Waals surface area contributed by atoms with E-state index in [9.17, 15) is 9.59 Å². The molecule has 0 bridgehead atoms. The van der Waals surface area contributed by atoms with Gasteiger partial charge in [-0.15, -0.1) is 0 Å². The maximum atomic E-state index is 13.4. The highest BCUT2D eigenvalue weighted by Crippen LogP contribution is 2.46. The summed E-state index contributed by atoms with van der Waals surface area (Å²) in [5, 5.41) is 0. The van der Waals surface area contributed by atoms with Gasteiger partial charge >= 0.3 is 11.9 Å². The molecule has 0 aliphatic carbocycles. The van der Waals surface area contributed by atoms with E-state index in [0.717, 1.165) is 21.4 Å². The molecule has 0 saturated heterocycles. The Morgan fingerprint density at radius 3 is 1.82 bits per heavy atom. The molecule has 3 rings (SSSR count). The Labute approximate surface area is 210 Å². The van der Waals surface area contributed by atoms with Crippen LogP contribution in [0.15, 0.2) is 75.5 Å². The van der Waals surface area contributed by atoms with Crippen LogP contribution < -0.4 is 9.80 Å². The fourth-order valence-corrected chi connectivity index (χ4v) is 4.82. The van der Waals surface area contributed by atoms with E-state index in [1.165, 1.54) is 0 Å². The second-order valence-corrected chi connectivity index (χ2v) is 8.99. The lowest BCUT2D eigenvalue weighted by atomic mass is 9.79. The minimum atomic E-state index is -0.633. The van der Waals surface area contributed by atoms with Crippen LogP contribution in [-0.2, 0) is 19.1 Å². The monoisotopic (exact) mass is 526 g/mol. The fraction of sp³-hybridized carbons (Fsp3) is 0.333. The molecule has 7 heteroatoms. The van der Waals surface area contributed by atoms with Crippen molar-refractivity contribution < 1.29 is 19.1 Å². The van der Waals surface area contributed by atoms with Gasteiger partial charge in [-0.1, -0.05) is 34.1 Å². The predicted molar refractivity (Wildman–Crippen MR) is 139 cm³/mol. The smallest absolute Gasteiger partial charge is 0.336 e. The molecule has 0 unspecified atom stereocenters. The Bertz CT molecular complexity index is 1090. The minimum Gasteiger partial charge on any atom is -0.463 e. The molecule has 0 N–H and O–H groups in total. The molecule has 180 valence electrons. The van der Waals surface area contributed by atoms with Crippen LogP contribution in [-0.4, -0.2) is 39.2 Å². The molecular formula is C27H31BrN2O4. The second kappa shape index (κ2) is 10.9. The van der Waals surface area contributed by atoms with Gasteiger partial charge in [0.15, 0.2) is 0 Å². The Balaban J connectivity index is 2.31. The Morgan fingerprint density at radius 2 is 1.38 bits per heavy atom. The van der Waals surface area contributed by atoms with Crippen molar-refractivity contribution in [2.75, 3.05) is 37.1 Å². The predicted octanol–water partition coefficient (Wildman–Crippen LogP) is 5.79. The molecule has 0 saturated carbocycles. The third-order valence-electron chi connectivity index (χ3n) is 5.86. The van der Waals surface area contributed by atoms with Crippen molar-refractivity contribution >= 4 is 39.2 Å². The highest BCUT2D eigenvalue weighted by Gasteiger charge is 2.41. The zero-order chi connectivity index (χ0) is 25.0. The van der Waals surface area contributed by atoms with Crippen LogP contribution in [0, 0.1) is 0 Å².